The number of hydrogen-bond donors (Lipinski definition) is 2. The number of nitrogens with one attached hydrogen (secondary N) is 2. The average molecular weight is 488 g/mol. The Morgan fingerprint density at radius 3 is 2.66 bits per heavy atom. The summed E-state index contributed by atoms with van der Waals surface area (Å²) in [6.45, 7) is 2.61. The summed E-state index contributed by atoms with van der Waals surface area (Å²) in [6.07, 6.45) is 0.905. The van der Waals surface area contributed by atoms with E-state index in [0.29, 0.717) is 30.8 Å². The van der Waals surface area contributed by atoms with E-state index in [9.17, 15) is 23.2 Å². The van der Waals surface area contributed by atoms with Crippen LogP contribution < -0.4 is 15.4 Å². The summed E-state index contributed by atoms with van der Waals surface area (Å²) >= 11 is 0. The molecule has 0 radical (unpaired) electrons. The third-order valence-corrected chi connectivity index (χ3v) is 6.24. The van der Waals surface area contributed by atoms with Gasteiger partial charge in [-0.2, -0.15) is 0 Å². The molecule has 0 aromatic heterocycles. The molecule has 0 bridgehead atoms. The van der Waals surface area contributed by atoms with Gasteiger partial charge in [0.15, 0.2) is 11.6 Å². The third-order valence-electron chi connectivity index (χ3n) is 6.24. The van der Waals surface area contributed by atoms with Crippen molar-refractivity contribution >= 4 is 23.4 Å². The molecule has 35 heavy (non-hydrogen) atoms. The second kappa shape index (κ2) is 10.4. The summed E-state index contributed by atoms with van der Waals surface area (Å²) in [4.78, 5) is 39.3. The number of rotatable bonds is 5. The van der Waals surface area contributed by atoms with Crippen LogP contribution >= 0.6 is 0 Å². The van der Waals surface area contributed by atoms with Crippen LogP contribution in [0.4, 0.5) is 14.5 Å². The maximum Gasteiger partial charge on any atom is 0.257 e. The molecule has 0 saturated carbocycles. The first kappa shape index (κ1) is 24.6. The van der Waals surface area contributed by atoms with Gasteiger partial charge in [-0.3, -0.25) is 14.4 Å². The van der Waals surface area contributed by atoms with Gasteiger partial charge < -0.3 is 25.0 Å². The van der Waals surface area contributed by atoms with E-state index in [1.54, 1.807) is 24.1 Å². The van der Waals surface area contributed by atoms with Crippen LogP contribution in [-0.4, -0.2) is 61.1 Å². The van der Waals surface area contributed by atoms with Gasteiger partial charge >= 0.3 is 0 Å². The molecule has 3 atom stereocenters. The van der Waals surface area contributed by atoms with Crippen LogP contribution in [0.1, 0.15) is 46.9 Å². The lowest BCUT2D eigenvalue weighted by Crippen LogP contribution is -2.54. The van der Waals surface area contributed by atoms with E-state index in [4.69, 9.17) is 9.47 Å². The number of hydrogen-bond acceptors (Lipinski definition) is 5. The maximum absolute atomic E-state index is 13.5. The van der Waals surface area contributed by atoms with E-state index in [2.05, 4.69) is 10.6 Å². The average Bonchev–Trinajstić information content (AvgIpc) is 2.83. The van der Waals surface area contributed by atoms with E-state index in [1.807, 2.05) is 6.92 Å². The number of fused-ring (bicyclic) bond motifs is 2. The van der Waals surface area contributed by atoms with Gasteiger partial charge in [-0.05, 0) is 56.2 Å². The third kappa shape index (κ3) is 5.43. The Labute approximate surface area is 201 Å². The van der Waals surface area contributed by atoms with Crippen molar-refractivity contribution in [3.05, 3.63) is 59.2 Å². The molecule has 2 aliphatic heterocycles. The van der Waals surface area contributed by atoms with E-state index in [1.165, 1.54) is 12.1 Å². The highest BCUT2D eigenvalue weighted by Crippen LogP contribution is 2.32. The minimum absolute atomic E-state index is 0.0558. The molecule has 0 unspecified atom stereocenters. The van der Waals surface area contributed by atoms with Crippen LogP contribution in [0.5, 0.6) is 5.75 Å². The smallest absolute Gasteiger partial charge is 0.257 e. The number of halogens is 2. The van der Waals surface area contributed by atoms with Crippen LogP contribution in [-0.2, 0) is 9.53 Å². The molecular formula is C25H27F2N3O5. The molecule has 0 spiro atoms. The highest BCUT2D eigenvalue weighted by Gasteiger charge is 2.39. The fraction of sp³-hybridized carbons (Fsp3) is 0.400. The topological polar surface area (TPSA) is 97.0 Å². The molecule has 1 fully saturated rings. The molecule has 2 heterocycles. The van der Waals surface area contributed by atoms with E-state index in [0.717, 1.165) is 12.1 Å². The second-order valence-electron chi connectivity index (χ2n) is 8.62. The zero-order valence-corrected chi connectivity index (χ0v) is 19.5. The van der Waals surface area contributed by atoms with Gasteiger partial charge in [0.25, 0.3) is 11.8 Å². The minimum atomic E-state index is -1.13. The van der Waals surface area contributed by atoms with Crippen molar-refractivity contribution in [2.75, 3.05) is 25.5 Å². The summed E-state index contributed by atoms with van der Waals surface area (Å²) in [5.41, 5.74) is 0.515. The zero-order valence-electron chi connectivity index (χ0n) is 19.5. The lowest BCUT2D eigenvalue weighted by Gasteiger charge is -2.42. The predicted octanol–water partition coefficient (Wildman–Crippen LogP) is 3.12. The van der Waals surface area contributed by atoms with Crippen molar-refractivity contribution in [3.63, 3.8) is 0 Å². The summed E-state index contributed by atoms with van der Waals surface area (Å²) < 4.78 is 38.7. The van der Waals surface area contributed by atoms with Gasteiger partial charge in [0.2, 0.25) is 5.91 Å². The Morgan fingerprint density at radius 1 is 1.11 bits per heavy atom. The van der Waals surface area contributed by atoms with E-state index < -0.39 is 23.6 Å². The molecule has 2 aromatic carbocycles. The van der Waals surface area contributed by atoms with Gasteiger partial charge in [0, 0.05) is 24.8 Å². The number of anilines is 1. The van der Waals surface area contributed by atoms with Gasteiger partial charge in [-0.25, -0.2) is 8.78 Å². The number of ether oxygens (including phenoxy) is 2. The molecule has 10 heteroatoms. The van der Waals surface area contributed by atoms with Crippen molar-refractivity contribution in [1.29, 1.82) is 0 Å². The van der Waals surface area contributed by atoms with Gasteiger partial charge in [-0.1, -0.05) is 0 Å². The van der Waals surface area contributed by atoms with Crippen molar-refractivity contribution in [3.8, 4) is 5.75 Å². The molecular weight excluding hydrogens is 460 g/mol. The summed E-state index contributed by atoms with van der Waals surface area (Å²) in [5.74, 6) is -2.86. The molecule has 0 aliphatic carbocycles. The summed E-state index contributed by atoms with van der Waals surface area (Å²) in [5, 5.41) is 5.37. The Bertz CT molecular complexity index is 1140. The Balaban J connectivity index is 1.49. The molecule has 4 rings (SSSR count). The predicted molar refractivity (Wildman–Crippen MR) is 123 cm³/mol. The van der Waals surface area contributed by atoms with E-state index >= 15 is 0 Å². The number of carbonyl (C=O) groups excluding carboxylic acids is 3. The standard InChI is InChI=1S/C25H27F2N3O5/c1-3-28-23(31)12-16-6-8-20-22(35-16)13-34-21-9-5-15(11-17(21)25(33)30(20)2)29-24(32)14-4-7-18(26)19(27)10-14/h4-5,7,9-11,16,20,22H,3,6,8,12-13H2,1-2H3,(H,28,31)(H,29,32)/t16-,20+,22+/m0/s1. The monoisotopic (exact) mass is 487 g/mol. The first-order valence-electron chi connectivity index (χ1n) is 11.5. The van der Waals surface area contributed by atoms with Crippen molar-refractivity contribution in [1.82, 2.24) is 10.2 Å². The summed E-state index contributed by atoms with van der Waals surface area (Å²) in [6, 6.07) is 7.24. The highest BCUT2D eigenvalue weighted by atomic mass is 19.2. The zero-order chi connectivity index (χ0) is 25.1. The minimum Gasteiger partial charge on any atom is -0.490 e. The Morgan fingerprint density at radius 2 is 1.91 bits per heavy atom. The fourth-order valence-corrected chi connectivity index (χ4v) is 4.42. The van der Waals surface area contributed by atoms with Gasteiger partial charge in [0.05, 0.1) is 24.1 Å². The second-order valence-corrected chi connectivity index (χ2v) is 8.62. The number of benzene rings is 2. The van der Waals surface area contributed by atoms with Crippen molar-refractivity contribution in [2.45, 2.75) is 44.4 Å². The van der Waals surface area contributed by atoms with Crippen LogP contribution in [0.3, 0.4) is 0 Å². The molecule has 3 amide bonds. The molecule has 2 aromatic rings. The van der Waals surface area contributed by atoms with Crippen molar-refractivity contribution < 1.29 is 32.6 Å². The Hall–Kier alpha value is -3.53. The summed E-state index contributed by atoms with van der Waals surface area (Å²) in [7, 11) is 1.69. The maximum atomic E-state index is 13.5. The fourth-order valence-electron chi connectivity index (χ4n) is 4.42. The number of carbonyl (C=O) groups is 3. The van der Waals surface area contributed by atoms with Crippen LogP contribution in [0.25, 0.3) is 0 Å². The van der Waals surface area contributed by atoms with Crippen LogP contribution in [0.15, 0.2) is 36.4 Å². The Kier molecular flexibility index (Phi) is 7.30. The van der Waals surface area contributed by atoms with Crippen LogP contribution in [0.2, 0.25) is 0 Å². The largest absolute Gasteiger partial charge is 0.490 e. The molecule has 2 aliphatic rings. The normalized spacial score (nSPS) is 21.7. The van der Waals surface area contributed by atoms with Gasteiger partial charge in [-0.15, -0.1) is 0 Å². The lowest BCUT2D eigenvalue weighted by atomic mass is 9.94. The molecule has 186 valence electrons. The first-order chi connectivity index (χ1) is 16.8. The van der Waals surface area contributed by atoms with E-state index in [-0.39, 0.29) is 48.1 Å². The number of likely N-dealkylation sites (N-methyl/N-ethyl adjacent to an activating group) is 1. The first-order valence-corrected chi connectivity index (χ1v) is 11.5. The quantitative estimate of drug-likeness (QED) is 0.676. The van der Waals surface area contributed by atoms with Crippen LogP contribution in [0, 0.1) is 11.6 Å². The van der Waals surface area contributed by atoms with Crippen molar-refractivity contribution in [2.24, 2.45) is 0 Å². The lowest BCUT2D eigenvalue weighted by molar-refractivity contribution is -0.133. The molecule has 2 N–H and O–H groups in total. The molecule has 8 nitrogen and oxygen atoms in total. The number of amides is 3. The SMILES string of the molecule is CCNC(=O)C[C@@H]1CC[C@@H]2[C@@H](COc3ccc(NC(=O)c4ccc(F)c(F)c4)cc3C(=O)N2C)O1. The number of nitrogens with zero attached hydrogens (tertiary/aromatic N) is 1. The molecule has 1 saturated heterocycles. The highest BCUT2D eigenvalue weighted by molar-refractivity contribution is 6.05. The van der Waals surface area contributed by atoms with Gasteiger partial charge in [0.1, 0.15) is 18.5 Å².